The molecule has 0 saturated heterocycles. The number of fused-ring (bicyclic) bond motifs is 1. The second-order valence-electron chi connectivity index (χ2n) is 4.42. The molecule has 0 saturated carbocycles. The monoisotopic (exact) mass is 190 g/mol. The topological polar surface area (TPSA) is 15.3 Å². The lowest BCUT2D eigenvalue weighted by Gasteiger charge is -2.16. The van der Waals surface area contributed by atoms with Crippen molar-refractivity contribution in [1.29, 1.82) is 0 Å². The van der Waals surface area contributed by atoms with E-state index < -0.39 is 0 Å². The van der Waals surface area contributed by atoms with Gasteiger partial charge in [0.25, 0.3) is 0 Å². The van der Waals surface area contributed by atoms with Gasteiger partial charge in [0.05, 0.1) is 0 Å². The molecule has 0 spiro atoms. The SMILES string of the molecule is Cc1cccc2c1NC(CN(C)C)C2. The van der Waals surface area contributed by atoms with Gasteiger partial charge in [-0.1, -0.05) is 18.2 Å². The van der Waals surface area contributed by atoms with Gasteiger partial charge >= 0.3 is 0 Å². The van der Waals surface area contributed by atoms with Crippen molar-refractivity contribution in [2.75, 3.05) is 26.0 Å². The average molecular weight is 190 g/mol. The van der Waals surface area contributed by atoms with E-state index in [1.54, 1.807) is 0 Å². The third-order valence-electron chi connectivity index (χ3n) is 2.76. The molecule has 0 aromatic heterocycles. The van der Waals surface area contributed by atoms with Crippen molar-refractivity contribution in [3.05, 3.63) is 29.3 Å². The van der Waals surface area contributed by atoms with Gasteiger partial charge in [-0.05, 0) is 38.6 Å². The Hall–Kier alpha value is -1.02. The maximum absolute atomic E-state index is 3.59. The molecule has 1 aliphatic rings. The summed E-state index contributed by atoms with van der Waals surface area (Å²) in [6.07, 6.45) is 1.16. The zero-order valence-electron chi connectivity index (χ0n) is 9.17. The van der Waals surface area contributed by atoms with Crippen molar-refractivity contribution >= 4 is 5.69 Å². The van der Waals surface area contributed by atoms with E-state index in [1.165, 1.54) is 16.8 Å². The highest BCUT2D eigenvalue weighted by atomic mass is 15.1. The molecule has 1 aliphatic heterocycles. The van der Waals surface area contributed by atoms with Crippen LogP contribution in [0, 0.1) is 6.92 Å². The lowest BCUT2D eigenvalue weighted by molar-refractivity contribution is 0.386. The number of nitrogens with one attached hydrogen (secondary N) is 1. The molecule has 76 valence electrons. The smallest absolute Gasteiger partial charge is 0.0429 e. The highest BCUT2D eigenvalue weighted by Crippen LogP contribution is 2.28. The van der Waals surface area contributed by atoms with Crippen LogP contribution >= 0.6 is 0 Å². The first-order valence-corrected chi connectivity index (χ1v) is 5.16. The van der Waals surface area contributed by atoms with Crippen molar-refractivity contribution in [3.63, 3.8) is 0 Å². The minimum absolute atomic E-state index is 0.584. The van der Waals surface area contributed by atoms with Crippen molar-refractivity contribution in [3.8, 4) is 0 Å². The first kappa shape index (κ1) is 9.53. The first-order valence-electron chi connectivity index (χ1n) is 5.16. The molecule has 0 bridgehead atoms. The zero-order chi connectivity index (χ0) is 10.1. The number of nitrogens with zero attached hydrogens (tertiary/aromatic N) is 1. The molecule has 2 nitrogen and oxygen atoms in total. The van der Waals surface area contributed by atoms with Gasteiger partial charge in [-0.15, -0.1) is 0 Å². The van der Waals surface area contributed by atoms with Crippen molar-refractivity contribution < 1.29 is 0 Å². The zero-order valence-corrected chi connectivity index (χ0v) is 9.17. The summed E-state index contributed by atoms with van der Waals surface area (Å²) in [5.41, 5.74) is 4.19. The molecule has 1 aromatic rings. The minimum Gasteiger partial charge on any atom is -0.380 e. The van der Waals surface area contributed by atoms with Gasteiger partial charge in [0, 0.05) is 18.3 Å². The van der Waals surface area contributed by atoms with Crippen LogP contribution in [0.5, 0.6) is 0 Å². The van der Waals surface area contributed by atoms with Crippen LogP contribution < -0.4 is 5.32 Å². The summed E-state index contributed by atoms with van der Waals surface area (Å²) in [5, 5.41) is 3.59. The van der Waals surface area contributed by atoms with Crippen molar-refractivity contribution in [2.45, 2.75) is 19.4 Å². The van der Waals surface area contributed by atoms with E-state index in [9.17, 15) is 0 Å². The average Bonchev–Trinajstić information content (AvgIpc) is 2.47. The molecule has 2 rings (SSSR count). The van der Waals surface area contributed by atoms with Crippen LogP contribution in [0.1, 0.15) is 11.1 Å². The Morgan fingerprint density at radius 3 is 2.86 bits per heavy atom. The molecule has 0 fully saturated rings. The summed E-state index contributed by atoms with van der Waals surface area (Å²) in [4.78, 5) is 2.24. The van der Waals surface area contributed by atoms with Crippen LogP contribution in [-0.4, -0.2) is 31.6 Å². The molecule has 0 aliphatic carbocycles. The maximum atomic E-state index is 3.59. The second-order valence-corrected chi connectivity index (χ2v) is 4.42. The fourth-order valence-corrected chi connectivity index (χ4v) is 2.18. The number of anilines is 1. The Bertz CT molecular complexity index is 331. The van der Waals surface area contributed by atoms with Crippen LogP contribution in [-0.2, 0) is 6.42 Å². The van der Waals surface area contributed by atoms with E-state index in [0.29, 0.717) is 6.04 Å². The largest absolute Gasteiger partial charge is 0.380 e. The van der Waals surface area contributed by atoms with Gasteiger partial charge in [0.1, 0.15) is 0 Å². The van der Waals surface area contributed by atoms with E-state index >= 15 is 0 Å². The van der Waals surface area contributed by atoms with Gasteiger partial charge in [-0.25, -0.2) is 0 Å². The van der Waals surface area contributed by atoms with E-state index in [2.05, 4.69) is 49.4 Å². The summed E-state index contributed by atoms with van der Waals surface area (Å²) in [5.74, 6) is 0. The van der Waals surface area contributed by atoms with Crippen LogP contribution in [0.3, 0.4) is 0 Å². The fourth-order valence-electron chi connectivity index (χ4n) is 2.18. The molecule has 1 unspecified atom stereocenters. The number of para-hydroxylation sites is 1. The number of hydrogen-bond acceptors (Lipinski definition) is 2. The van der Waals surface area contributed by atoms with Crippen LogP contribution in [0.2, 0.25) is 0 Å². The Morgan fingerprint density at radius 2 is 2.21 bits per heavy atom. The van der Waals surface area contributed by atoms with Gasteiger partial charge < -0.3 is 10.2 Å². The molecular weight excluding hydrogens is 172 g/mol. The number of hydrogen-bond donors (Lipinski definition) is 1. The Labute approximate surface area is 85.9 Å². The standard InChI is InChI=1S/C12H18N2/c1-9-5-4-6-10-7-11(8-14(2)3)13-12(9)10/h4-6,11,13H,7-8H2,1-3H3. The minimum atomic E-state index is 0.584. The molecule has 1 atom stereocenters. The quantitative estimate of drug-likeness (QED) is 0.766. The number of benzene rings is 1. The lowest BCUT2D eigenvalue weighted by Crippen LogP contribution is -2.30. The predicted molar refractivity (Wildman–Crippen MR) is 60.8 cm³/mol. The molecule has 0 amide bonds. The third-order valence-corrected chi connectivity index (χ3v) is 2.76. The molecular formula is C12H18N2. The van der Waals surface area contributed by atoms with E-state index in [4.69, 9.17) is 0 Å². The van der Waals surface area contributed by atoms with Crippen LogP contribution in [0.15, 0.2) is 18.2 Å². The summed E-state index contributed by atoms with van der Waals surface area (Å²) in [6, 6.07) is 7.13. The predicted octanol–water partition coefficient (Wildman–Crippen LogP) is 1.89. The Kier molecular flexibility index (Phi) is 2.46. The van der Waals surface area contributed by atoms with E-state index in [1.807, 2.05) is 0 Å². The highest BCUT2D eigenvalue weighted by molar-refractivity contribution is 5.61. The summed E-state index contributed by atoms with van der Waals surface area (Å²) in [6.45, 7) is 3.28. The Morgan fingerprint density at radius 1 is 1.43 bits per heavy atom. The van der Waals surface area contributed by atoms with Crippen LogP contribution in [0.25, 0.3) is 0 Å². The normalized spacial score (nSPS) is 19.6. The van der Waals surface area contributed by atoms with Gasteiger partial charge in [-0.3, -0.25) is 0 Å². The first-order chi connectivity index (χ1) is 6.66. The maximum Gasteiger partial charge on any atom is 0.0429 e. The fraction of sp³-hybridized carbons (Fsp3) is 0.500. The second kappa shape index (κ2) is 3.62. The third kappa shape index (κ3) is 1.75. The number of likely N-dealkylation sites (N-methyl/N-ethyl adjacent to an activating group) is 1. The molecule has 1 aromatic carbocycles. The summed E-state index contributed by atoms with van der Waals surface area (Å²) in [7, 11) is 4.25. The van der Waals surface area contributed by atoms with Gasteiger partial charge in [-0.2, -0.15) is 0 Å². The van der Waals surface area contributed by atoms with Gasteiger partial charge in [0.2, 0.25) is 0 Å². The molecule has 1 heterocycles. The summed E-state index contributed by atoms with van der Waals surface area (Å²) >= 11 is 0. The highest BCUT2D eigenvalue weighted by Gasteiger charge is 2.21. The molecule has 14 heavy (non-hydrogen) atoms. The molecule has 0 radical (unpaired) electrons. The van der Waals surface area contributed by atoms with Crippen molar-refractivity contribution in [1.82, 2.24) is 4.90 Å². The Balaban J connectivity index is 2.14. The van der Waals surface area contributed by atoms with Crippen molar-refractivity contribution in [2.24, 2.45) is 0 Å². The number of aryl methyl sites for hydroxylation is 1. The lowest BCUT2D eigenvalue weighted by atomic mass is 10.1. The van der Waals surface area contributed by atoms with E-state index in [-0.39, 0.29) is 0 Å². The van der Waals surface area contributed by atoms with Gasteiger partial charge in [0.15, 0.2) is 0 Å². The molecule has 1 N–H and O–H groups in total. The van der Waals surface area contributed by atoms with Crippen LogP contribution in [0.4, 0.5) is 5.69 Å². The number of rotatable bonds is 2. The molecule has 2 heteroatoms. The van der Waals surface area contributed by atoms with E-state index in [0.717, 1.165) is 13.0 Å². The summed E-state index contributed by atoms with van der Waals surface area (Å²) < 4.78 is 0.